The predicted molar refractivity (Wildman–Crippen MR) is 76.8 cm³/mol. The zero-order chi connectivity index (χ0) is 14.8. The van der Waals surface area contributed by atoms with Crippen molar-refractivity contribution < 1.29 is 9.53 Å². The molecule has 1 aromatic heterocycles. The molecule has 1 aromatic rings. The van der Waals surface area contributed by atoms with Gasteiger partial charge < -0.3 is 10.1 Å². The van der Waals surface area contributed by atoms with E-state index in [1.54, 1.807) is 13.1 Å². The summed E-state index contributed by atoms with van der Waals surface area (Å²) in [4.78, 5) is 15.7. The Morgan fingerprint density at radius 3 is 3.00 bits per heavy atom. The quantitative estimate of drug-likeness (QED) is 0.469. The highest BCUT2D eigenvalue weighted by molar-refractivity contribution is 5.93. The zero-order valence-electron chi connectivity index (χ0n) is 11.8. The standard InChI is InChI=1S/C15H19N3O2/c1-3-5-7-12-8-6-9-17-14(12)18-11-13(10-16)15(19)20-4-2/h6,8-9,11H,3-5,7H2,1-2H3,(H,17,18). The van der Waals surface area contributed by atoms with Crippen molar-refractivity contribution in [2.45, 2.75) is 33.1 Å². The van der Waals surface area contributed by atoms with E-state index >= 15 is 0 Å². The van der Waals surface area contributed by atoms with Gasteiger partial charge in [-0.25, -0.2) is 9.78 Å². The third-order valence-corrected chi connectivity index (χ3v) is 2.66. The minimum absolute atomic E-state index is 0.0704. The number of pyridine rings is 1. The molecule has 106 valence electrons. The first kappa shape index (κ1) is 15.7. The van der Waals surface area contributed by atoms with Crippen molar-refractivity contribution in [1.29, 1.82) is 5.26 Å². The highest BCUT2D eigenvalue weighted by Gasteiger charge is 2.10. The number of aromatic nitrogens is 1. The van der Waals surface area contributed by atoms with Gasteiger partial charge in [0.15, 0.2) is 5.57 Å². The SMILES string of the molecule is CCCCc1cccnc1NC=C(C#N)C(=O)OCC. The summed E-state index contributed by atoms with van der Waals surface area (Å²) in [6.45, 7) is 4.06. The number of nitrogens with zero attached hydrogens (tertiary/aromatic N) is 2. The second-order valence-electron chi connectivity index (χ2n) is 4.15. The molecule has 20 heavy (non-hydrogen) atoms. The maximum Gasteiger partial charge on any atom is 0.350 e. The van der Waals surface area contributed by atoms with Crippen LogP contribution >= 0.6 is 0 Å². The summed E-state index contributed by atoms with van der Waals surface area (Å²) in [6, 6.07) is 5.67. The minimum Gasteiger partial charge on any atom is -0.462 e. The summed E-state index contributed by atoms with van der Waals surface area (Å²) in [5.74, 6) is 0.0338. The van der Waals surface area contributed by atoms with Gasteiger partial charge in [0.05, 0.1) is 6.61 Å². The number of rotatable bonds is 7. The van der Waals surface area contributed by atoms with Gasteiger partial charge in [-0.05, 0) is 31.4 Å². The predicted octanol–water partition coefficient (Wildman–Crippen LogP) is 2.81. The Morgan fingerprint density at radius 1 is 1.55 bits per heavy atom. The second kappa shape index (κ2) is 8.70. The first-order valence-electron chi connectivity index (χ1n) is 6.70. The monoisotopic (exact) mass is 273 g/mol. The molecular weight excluding hydrogens is 254 g/mol. The molecule has 0 aliphatic rings. The molecule has 5 nitrogen and oxygen atoms in total. The van der Waals surface area contributed by atoms with E-state index in [0.717, 1.165) is 24.8 Å². The molecule has 1 heterocycles. The average Bonchev–Trinajstić information content (AvgIpc) is 2.47. The first-order valence-corrected chi connectivity index (χ1v) is 6.70. The van der Waals surface area contributed by atoms with Gasteiger partial charge in [0.2, 0.25) is 0 Å². The molecule has 5 heteroatoms. The Labute approximate surface area is 119 Å². The smallest absolute Gasteiger partial charge is 0.350 e. The van der Waals surface area contributed by atoms with E-state index in [1.807, 2.05) is 18.2 Å². The fraction of sp³-hybridized carbons (Fsp3) is 0.400. The summed E-state index contributed by atoms with van der Waals surface area (Å²) in [6.07, 6.45) is 6.07. The lowest BCUT2D eigenvalue weighted by Gasteiger charge is -2.07. The molecule has 0 spiro atoms. The summed E-state index contributed by atoms with van der Waals surface area (Å²) in [7, 11) is 0. The lowest BCUT2D eigenvalue weighted by atomic mass is 10.1. The molecule has 0 atom stereocenters. The van der Waals surface area contributed by atoms with Crippen molar-refractivity contribution in [2.75, 3.05) is 11.9 Å². The molecule has 0 aromatic carbocycles. The van der Waals surface area contributed by atoms with E-state index in [0.29, 0.717) is 5.82 Å². The Hall–Kier alpha value is -2.35. The number of aryl methyl sites for hydroxylation is 1. The van der Waals surface area contributed by atoms with Crippen LogP contribution in [0.4, 0.5) is 5.82 Å². The maximum absolute atomic E-state index is 11.5. The van der Waals surface area contributed by atoms with Gasteiger partial charge in [-0.1, -0.05) is 19.4 Å². The van der Waals surface area contributed by atoms with Crippen LogP contribution in [0, 0.1) is 11.3 Å². The fourth-order valence-corrected chi connectivity index (χ4v) is 1.62. The topological polar surface area (TPSA) is 75.0 Å². The number of nitriles is 1. The van der Waals surface area contributed by atoms with E-state index in [4.69, 9.17) is 10.00 Å². The van der Waals surface area contributed by atoms with Gasteiger partial charge in [0.25, 0.3) is 0 Å². The van der Waals surface area contributed by atoms with Crippen LogP contribution in [-0.4, -0.2) is 17.6 Å². The third kappa shape index (κ3) is 4.73. The summed E-state index contributed by atoms with van der Waals surface area (Å²) >= 11 is 0. The molecule has 0 saturated heterocycles. The normalized spacial score (nSPS) is 10.8. The number of unbranched alkanes of at least 4 members (excludes halogenated alkanes) is 1. The lowest BCUT2D eigenvalue weighted by Crippen LogP contribution is -2.08. The molecule has 1 N–H and O–H groups in total. The fourth-order valence-electron chi connectivity index (χ4n) is 1.62. The number of hydrogen-bond donors (Lipinski definition) is 1. The van der Waals surface area contributed by atoms with Gasteiger partial charge in [0, 0.05) is 12.4 Å². The molecule has 0 saturated carbocycles. The molecule has 0 unspecified atom stereocenters. The first-order chi connectivity index (χ1) is 9.72. The van der Waals surface area contributed by atoms with Crippen molar-refractivity contribution in [3.05, 3.63) is 35.7 Å². The Balaban J connectivity index is 2.82. The Bertz CT molecular complexity index is 518. The number of anilines is 1. The maximum atomic E-state index is 11.5. The molecule has 0 radical (unpaired) electrons. The van der Waals surface area contributed by atoms with Crippen LogP contribution in [-0.2, 0) is 16.0 Å². The number of carbonyl (C=O) groups excluding carboxylic acids is 1. The summed E-state index contributed by atoms with van der Waals surface area (Å²) in [5.41, 5.74) is 0.991. The number of carbonyl (C=O) groups is 1. The van der Waals surface area contributed by atoms with Crippen molar-refractivity contribution in [2.24, 2.45) is 0 Å². The van der Waals surface area contributed by atoms with Gasteiger partial charge in [0.1, 0.15) is 11.9 Å². The number of hydrogen-bond acceptors (Lipinski definition) is 5. The molecule has 0 fully saturated rings. The molecule has 0 amide bonds. The third-order valence-electron chi connectivity index (χ3n) is 2.66. The lowest BCUT2D eigenvalue weighted by molar-refractivity contribution is -0.138. The van der Waals surface area contributed by atoms with Gasteiger partial charge >= 0.3 is 5.97 Å². The van der Waals surface area contributed by atoms with Crippen LogP contribution in [0.5, 0.6) is 0 Å². The molecule has 0 aliphatic heterocycles. The van der Waals surface area contributed by atoms with Gasteiger partial charge in [-0.2, -0.15) is 5.26 Å². The van der Waals surface area contributed by atoms with Crippen molar-refractivity contribution in [1.82, 2.24) is 4.98 Å². The Morgan fingerprint density at radius 2 is 2.35 bits per heavy atom. The van der Waals surface area contributed by atoms with E-state index in [2.05, 4.69) is 17.2 Å². The van der Waals surface area contributed by atoms with E-state index in [9.17, 15) is 4.79 Å². The number of ether oxygens (including phenoxy) is 1. The van der Waals surface area contributed by atoms with Crippen LogP contribution in [0.25, 0.3) is 0 Å². The largest absolute Gasteiger partial charge is 0.462 e. The summed E-state index contributed by atoms with van der Waals surface area (Å²) < 4.78 is 4.79. The molecule has 0 bridgehead atoms. The van der Waals surface area contributed by atoms with Crippen LogP contribution in [0.15, 0.2) is 30.1 Å². The number of nitrogens with one attached hydrogen (secondary N) is 1. The van der Waals surface area contributed by atoms with Crippen molar-refractivity contribution in [3.8, 4) is 6.07 Å². The molecular formula is C15H19N3O2. The Kier molecular flexibility index (Phi) is 6.83. The molecule has 0 aliphatic carbocycles. The van der Waals surface area contributed by atoms with Crippen LogP contribution in [0.3, 0.4) is 0 Å². The van der Waals surface area contributed by atoms with Crippen molar-refractivity contribution in [3.63, 3.8) is 0 Å². The van der Waals surface area contributed by atoms with Crippen LogP contribution < -0.4 is 5.32 Å². The second-order valence-corrected chi connectivity index (χ2v) is 4.15. The minimum atomic E-state index is -0.631. The van der Waals surface area contributed by atoms with Crippen molar-refractivity contribution >= 4 is 11.8 Å². The van der Waals surface area contributed by atoms with Gasteiger partial charge in [-0.15, -0.1) is 0 Å². The van der Waals surface area contributed by atoms with Gasteiger partial charge in [-0.3, -0.25) is 0 Å². The van der Waals surface area contributed by atoms with Crippen LogP contribution in [0.1, 0.15) is 32.3 Å². The number of esters is 1. The highest BCUT2D eigenvalue weighted by atomic mass is 16.5. The van der Waals surface area contributed by atoms with E-state index in [1.165, 1.54) is 6.20 Å². The summed E-state index contributed by atoms with van der Waals surface area (Å²) in [5, 5.41) is 11.8. The van der Waals surface area contributed by atoms with E-state index in [-0.39, 0.29) is 12.2 Å². The molecule has 1 rings (SSSR count). The highest BCUT2D eigenvalue weighted by Crippen LogP contribution is 2.15. The van der Waals surface area contributed by atoms with E-state index < -0.39 is 5.97 Å². The zero-order valence-corrected chi connectivity index (χ0v) is 11.8. The van der Waals surface area contributed by atoms with Crippen LogP contribution in [0.2, 0.25) is 0 Å². The average molecular weight is 273 g/mol.